The van der Waals surface area contributed by atoms with Gasteiger partial charge in [-0.1, -0.05) is 43.3 Å². The maximum atomic E-state index is 12.4. The van der Waals surface area contributed by atoms with Crippen molar-refractivity contribution < 1.29 is 18.5 Å². The quantitative estimate of drug-likeness (QED) is 0.354. The molecule has 9 nitrogen and oxygen atoms in total. The van der Waals surface area contributed by atoms with Gasteiger partial charge in [0.25, 0.3) is 0 Å². The molecule has 0 radical (unpaired) electrons. The van der Waals surface area contributed by atoms with Crippen LogP contribution in [0.1, 0.15) is 50.3 Å². The van der Waals surface area contributed by atoms with E-state index in [0.717, 1.165) is 5.56 Å². The molecule has 34 heavy (non-hydrogen) atoms. The highest BCUT2D eigenvalue weighted by Gasteiger charge is 2.14. The molecule has 0 saturated heterocycles. The molecule has 0 unspecified atom stereocenters. The van der Waals surface area contributed by atoms with E-state index in [2.05, 4.69) is 51.7 Å². The number of aryl methyl sites for hydroxylation is 1. The summed E-state index contributed by atoms with van der Waals surface area (Å²) in [5.74, 6) is 2.22. The Hall–Kier alpha value is -3.79. The first-order valence-corrected chi connectivity index (χ1v) is 11.8. The summed E-state index contributed by atoms with van der Waals surface area (Å²) in [7, 11) is 0. The van der Waals surface area contributed by atoms with Gasteiger partial charge in [-0.15, -0.1) is 11.3 Å². The number of carbonyl (C=O) groups excluding carboxylic acids is 2. The smallest absolute Gasteiger partial charge is 0.227 e. The van der Waals surface area contributed by atoms with Crippen molar-refractivity contribution in [1.82, 2.24) is 20.4 Å². The van der Waals surface area contributed by atoms with E-state index < -0.39 is 0 Å². The maximum absolute atomic E-state index is 12.4. The van der Waals surface area contributed by atoms with Crippen molar-refractivity contribution in [3.63, 3.8) is 0 Å². The van der Waals surface area contributed by atoms with Crippen LogP contribution in [-0.2, 0) is 22.6 Å². The zero-order valence-corrected chi connectivity index (χ0v) is 19.9. The van der Waals surface area contributed by atoms with Crippen LogP contribution in [0.2, 0.25) is 0 Å². The Kier molecular flexibility index (Phi) is 7.17. The second-order valence-corrected chi connectivity index (χ2v) is 8.91. The van der Waals surface area contributed by atoms with E-state index in [1.54, 1.807) is 17.5 Å². The number of amides is 2. The van der Waals surface area contributed by atoms with Gasteiger partial charge in [0, 0.05) is 30.7 Å². The first kappa shape index (κ1) is 23.4. The second-order valence-electron chi connectivity index (χ2n) is 8.05. The van der Waals surface area contributed by atoms with E-state index in [1.807, 2.05) is 12.1 Å². The SMILES string of the molecule is CC(=O)NCc1ccc(-c2csc(NC(=O)CCc3nc(-c4ccc(C(C)C)cc4)no3)n2)o1. The molecule has 2 amide bonds. The van der Waals surface area contributed by atoms with Crippen LogP contribution in [-0.4, -0.2) is 26.9 Å². The topological polar surface area (TPSA) is 123 Å². The van der Waals surface area contributed by atoms with E-state index in [4.69, 9.17) is 8.94 Å². The number of hydrogen-bond donors (Lipinski definition) is 2. The summed E-state index contributed by atoms with van der Waals surface area (Å²) >= 11 is 1.30. The van der Waals surface area contributed by atoms with Gasteiger partial charge < -0.3 is 19.6 Å². The Morgan fingerprint density at radius 2 is 1.88 bits per heavy atom. The van der Waals surface area contributed by atoms with Crippen molar-refractivity contribution in [2.24, 2.45) is 0 Å². The van der Waals surface area contributed by atoms with Crippen LogP contribution in [0.4, 0.5) is 5.13 Å². The molecule has 4 aromatic rings. The third-order valence-electron chi connectivity index (χ3n) is 5.05. The van der Waals surface area contributed by atoms with Crippen molar-refractivity contribution in [2.75, 3.05) is 5.32 Å². The van der Waals surface area contributed by atoms with Crippen molar-refractivity contribution in [3.8, 4) is 22.8 Å². The van der Waals surface area contributed by atoms with Crippen LogP contribution in [0.15, 0.2) is 50.7 Å². The Balaban J connectivity index is 1.29. The summed E-state index contributed by atoms with van der Waals surface area (Å²) in [5.41, 5.74) is 2.73. The fourth-order valence-corrected chi connectivity index (χ4v) is 3.88. The van der Waals surface area contributed by atoms with E-state index in [9.17, 15) is 9.59 Å². The van der Waals surface area contributed by atoms with Crippen LogP contribution in [0.25, 0.3) is 22.8 Å². The number of anilines is 1. The molecule has 0 spiro atoms. The Morgan fingerprint density at radius 3 is 2.62 bits per heavy atom. The zero-order chi connectivity index (χ0) is 24.1. The lowest BCUT2D eigenvalue weighted by molar-refractivity contribution is -0.119. The second kappa shape index (κ2) is 10.4. The van der Waals surface area contributed by atoms with Crippen molar-refractivity contribution in [1.29, 1.82) is 0 Å². The van der Waals surface area contributed by atoms with Gasteiger partial charge in [0.1, 0.15) is 11.5 Å². The fraction of sp³-hybridized carbons (Fsp3) is 0.292. The first-order valence-electron chi connectivity index (χ1n) is 10.9. The molecule has 3 aromatic heterocycles. The van der Waals surface area contributed by atoms with Crippen molar-refractivity contribution in [2.45, 2.75) is 46.1 Å². The van der Waals surface area contributed by atoms with Gasteiger partial charge in [-0.25, -0.2) is 4.98 Å². The Bertz CT molecular complexity index is 1270. The molecular weight excluding hydrogens is 454 g/mol. The van der Waals surface area contributed by atoms with E-state index in [-0.39, 0.29) is 18.2 Å². The molecular formula is C24H25N5O4S. The van der Waals surface area contributed by atoms with Gasteiger partial charge in [0.15, 0.2) is 10.9 Å². The predicted molar refractivity (Wildman–Crippen MR) is 128 cm³/mol. The highest BCUT2D eigenvalue weighted by molar-refractivity contribution is 7.14. The van der Waals surface area contributed by atoms with Gasteiger partial charge in [-0.05, 0) is 23.6 Å². The standard InChI is InChI=1S/C24H25N5O4S/c1-14(2)16-4-6-17(7-5-16)23-28-22(33-29-23)11-10-21(31)27-24-26-19(13-34-24)20-9-8-18(32-20)12-25-15(3)30/h4-9,13-14H,10-12H2,1-3H3,(H,25,30)(H,26,27,31). The Morgan fingerprint density at radius 1 is 1.09 bits per heavy atom. The van der Waals surface area contributed by atoms with Crippen LogP contribution in [0.3, 0.4) is 0 Å². The number of hydrogen-bond acceptors (Lipinski definition) is 8. The summed E-state index contributed by atoms with van der Waals surface area (Å²) in [4.78, 5) is 32.2. The largest absolute Gasteiger partial charge is 0.458 e. The molecule has 0 bridgehead atoms. The highest BCUT2D eigenvalue weighted by Crippen LogP contribution is 2.27. The number of furan rings is 1. The first-order chi connectivity index (χ1) is 16.4. The lowest BCUT2D eigenvalue weighted by Crippen LogP contribution is -2.18. The number of nitrogens with one attached hydrogen (secondary N) is 2. The summed E-state index contributed by atoms with van der Waals surface area (Å²) in [6.07, 6.45) is 0.510. The van der Waals surface area contributed by atoms with Crippen LogP contribution >= 0.6 is 11.3 Å². The number of aromatic nitrogens is 3. The van der Waals surface area contributed by atoms with Gasteiger partial charge in [0.2, 0.25) is 23.5 Å². The summed E-state index contributed by atoms with van der Waals surface area (Å²) in [6, 6.07) is 11.6. The number of carbonyl (C=O) groups is 2. The lowest BCUT2D eigenvalue weighted by atomic mass is 10.0. The minimum Gasteiger partial charge on any atom is -0.458 e. The summed E-state index contributed by atoms with van der Waals surface area (Å²) < 4.78 is 11.0. The monoisotopic (exact) mass is 479 g/mol. The minimum absolute atomic E-state index is 0.131. The van der Waals surface area contributed by atoms with Gasteiger partial charge >= 0.3 is 0 Å². The number of thiazole rings is 1. The predicted octanol–water partition coefficient (Wildman–Crippen LogP) is 4.78. The molecule has 176 valence electrons. The van der Waals surface area contributed by atoms with Crippen LogP contribution in [0.5, 0.6) is 0 Å². The van der Waals surface area contributed by atoms with Crippen LogP contribution < -0.4 is 10.6 Å². The van der Waals surface area contributed by atoms with Gasteiger partial charge in [-0.3, -0.25) is 9.59 Å². The minimum atomic E-state index is -0.201. The normalized spacial score (nSPS) is 11.1. The molecule has 10 heteroatoms. The van der Waals surface area contributed by atoms with Crippen molar-refractivity contribution >= 4 is 28.3 Å². The zero-order valence-electron chi connectivity index (χ0n) is 19.1. The van der Waals surface area contributed by atoms with E-state index in [0.29, 0.717) is 52.9 Å². The van der Waals surface area contributed by atoms with Crippen LogP contribution in [0, 0.1) is 0 Å². The lowest BCUT2D eigenvalue weighted by Gasteiger charge is -2.04. The summed E-state index contributed by atoms with van der Waals surface area (Å²) in [6.45, 7) is 6.04. The maximum Gasteiger partial charge on any atom is 0.227 e. The fourth-order valence-electron chi connectivity index (χ4n) is 3.16. The molecule has 0 fully saturated rings. The van der Waals surface area contributed by atoms with E-state index >= 15 is 0 Å². The number of benzene rings is 1. The van der Waals surface area contributed by atoms with Gasteiger partial charge in [-0.2, -0.15) is 4.98 Å². The highest BCUT2D eigenvalue weighted by atomic mass is 32.1. The third kappa shape index (κ3) is 5.96. The Labute approximate surface area is 200 Å². The average molecular weight is 480 g/mol. The molecule has 0 atom stereocenters. The molecule has 0 aliphatic heterocycles. The number of nitrogens with zero attached hydrogens (tertiary/aromatic N) is 3. The molecule has 3 heterocycles. The molecule has 0 aliphatic rings. The number of rotatable bonds is 9. The molecule has 0 aliphatic carbocycles. The molecule has 2 N–H and O–H groups in total. The molecule has 4 rings (SSSR count). The average Bonchev–Trinajstić information content (AvgIpc) is 3.57. The molecule has 0 saturated carbocycles. The van der Waals surface area contributed by atoms with E-state index in [1.165, 1.54) is 23.8 Å². The third-order valence-corrected chi connectivity index (χ3v) is 5.80. The molecule has 1 aromatic carbocycles. The van der Waals surface area contributed by atoms with Crippen molar-refractivity contribution in [3.05, 3.63) is 59.0 Å². The van der Waals surface area contributed by atoms with Gasteiger partial charge in [0.05, 0.1) is 6.54 Å². The summed E-state index contributed by atoms with van der Waals surface area (Å²) in [5, 5.41) is 11.8.